The van der Waals surface area contributed by atoms with Crippen molar-refractivity contribution in [1.82, 2.24) is 0 Å². The van der Waals surface area contributed by atoms with Crippen molar-refractivity contribution in [2.24, 2.45) is 0 Å². The van der Waals surface area contributed by atoms with Crippen LogP contribution in [0.1, 0.15) is 20.7 Å². The van der Waals surface area contributed by atoms with Gasteiger partial charge in [-0.1, -0.05) is 6.07 Å². The Morgan fingerprint density at radius 3 is 2.57 bits per heavy atom. The fraction of sp³-hybridized carbons (Fsp3) is 0.0667. The number of methoxy groups -OCH3 is 1. The molecule has 0 saturated carbocycles. The molecule has 1 amide bonds. The van der Waals surface area contributed by atoms with Crippen molar-refractivity contribution in [2.75, 3.05) is 12.4 Å². The van der Waals surface area contributed by atoms with Crippen LogP contribution in [0.2, 0.25) is 0 Å². The van der Waals surface area contributed by atoms with Gasteiger partial charge in [0.05, 0.1) is 18.4 Å². The van der Waals surface area contributed by atoms with E-state index in [2.05, 4.69) is 32.6 Å². The van der Waals surface area contributed by atoms with Gasteiger partial charge in [-0.2, -0.15) is 0 Å². The normalized spacial score (nSPS) is 10.0. The Morgan fingerprint density at radius 1 is 1.14 bits per heavy atom. The molecule has 0 radical (unpaired) electrons. The molecule has 0 aliphatic carbocycles. The number of halogens is 2. The second kappa shape index (κ2) is 6.66. The van der Waals surface area contributed by atoms with Crippen LogP contribution in [0.3, 0.4) is 0 Å². The average molecular weight is 399 g/mol. The molecule has 0 atom stereocenters. The van der Waals surface area contributed by atoms with E-state index in [0.29, 0.717) is 5.56 Å². The summed E-state index contributed by atoms with van der Waals surface area (Å²) in [7, 11) is 1.23. The lowest BCUT2D eigenvalue weighted by molar-refractivity contribution is 0.0600. The first-order valence-corrected chi connectivity index (χ1v) is 7.04. The SMILES string of the molecule is COC(=O)c1ccc(F)c(NC(=O)c2cccc(I)c2)c1. The average Bonchev–Trinajstić information content (AvgIpc) is 2.48. The van der Waals surface area contributed by atoms with Gasteiger partial charge in [-0.25, -0.2) is 9.18 Å². The summed E-state index contributed by atoms with van der Waals surface area (Å²) < 4.78 is 19.2. The molecule has 0 bridgehead atoms. The van der Waals surface area contributed by atoms with Crippen LogP contribution in [0.4, 0.5) is 10.1 Å². The summed E-state index contributed by atoms with van der Waals surface area (Å²) in [6, 6.07) is 10.5. The Morgan fingerprint density at radius 2 is 1.90 bits per heavy atom. The molecule has 0 aromatic heterocycles. The van der Waals surface area contributed by atoms with E-state index in [9.17, 15) is 14.0 Å². The van der Waals surface area contributed by atoms with E-state index in [0.717, 1.165) is 9.64 Å². The molecule has 0 fully saturated rings. The third kappa shape index (κ3) is 3.78. The third-order valence-corrected chi connectivity index (χ3v) is 3.39. The summed E-state index contributed by atoms with van der Waals surface area (Å²) in [6.07, 6.45) is 0. The molecule has 0 spiro atoms. The second-order valence-electron chi connectivity index (χ2n) is 4.15. The molecule has 4 nitrogen and oxygen atoms in total. The Hall–Kier alpha value is -1.96. The van der Waals surface area contributed by atoms with E-state index < -0.39 is 17.7 Å². The van der Waals surface area contributed by atoms with Crippen LogP contribution in [0.15, 0.2) is 42.5 Å². The van der Waals surface area contributed by atoms with Crippen LogP contribution in [-0.2, 0) is 4.74 Å². The standard InChI is InChI=1S/C15H11FINO3/c1-21-15(20)10-5-6-12(16)13(8-10)18-14(19)9-3-2-4-11(17)7-9/h2-8H,1H3,(H,18,19). The molecule has 6 heteroatoms. The predicted octanol–water partition coefficient (Wildman–Crippen LogP) is 3.47. The van der Waals surface area contributed by atoms with Crippen molar-refractivity contribution >= 4 is 40.2 Å². The third-order valence-electron chi connectivity index (χ3n) is 2.72. The fourth-order valence-corrected chi connectivity index (χ4v) is 2.23. The van der Waals surface area contributed by atoms with Crippen molar-refractivity contribution in [3.05, 3.63) is 63.0 Å². The molecule has 0 aliphatic rings. The fourth-order valence-electron chi connectivity index (χ4n) is 1.69. The van der Waals surface area contributed by atoms with Crippen LogP contribution in [0.25, 0.3) is 0 Å². The zero-order chi connectivity index (χ0) is 15.4. The molecule has 0 unspecified atom stereocenters. The first-order valence-electron chi connectivity index (χ1n) is 5.96. The number of hydrogen-bond donors (Lipinski definition) is 1. The van der Waals surface area contributed by atoms with Crippen molar-refractivity contribution in [3.8, 4) is 0 Å². The maximum Gasteiger partial charge on any atom is 0.337 e. The van der Waals surface area contributed by atoms with E-state index >= 15 is 0 Å². The first kappa shape index (κ1) is 15.4. The van der Waals surface area contributed by atoms with Gasteiger partial charge in [0.1, 0.15) is 5.82 Å². The zero-order valence-electron chi connectivity index (χ0n) is 11.0. The minimum atomic E-state index is -0.623. The van der Waals surface area contributed by atoms with Crippen LogP contribution >= 0.6 is 22.6 Å². The molecule has 2 aromatic carbocycles. The summed E-state index contributed by atoms with van der Waals surface area (Å²) in [5, 5.41) is 2.45. The Kier molecular flexibility index (Phi) is 4.89. The number of anilines is 1. The molecule has 0 aliphatic heterocycles. The number of nitrogens with one attached hydrogen (secondary N) is 1. The van der Waals surface area contributed by atoms with Gasteiger partial charge in [0, 0.05) is 9.13 Å². The van der Waals surface area contributed by atoms with Gasteiger partial charge in [0.2, 0.25) is 0 Å². The number of esters is 1. The first-order chi connectivity index (χ1) is 10.0. The second-order valence-corrected chi connectivity index (χ2v) is 5.40. The molecular weight excluding hydrogens is 388 g/mol. The number of amides is 1. The van der Waals surface area contributed by atoms with Gasteiger partial charge in [0.25, 0.3) is 5.91 Å². The molecule has 0 saturated heterocycles. The summed E-state index contributed by atoms with van der Waals surface area (Å²) in [5.41, 5.74) is 0.503. The minimum absolute atomic E-state index is 0.0678. The summed E-state index contributed by atoms with van der Waals surface area (Å²) in [4.78, 5) is 23.5. The number of carbonyl (C=O) groups is 2. The van der Waals surface area contributed by atoms with Crippen LogP contribution in [-0.4, -0.2) is 19.0 Å². The van der Waals surface area contributed by atoms with Gasteiger partial charge in [-0.3, -0.25) is 4.79 Å². The molecule has 1 N–H and O–H groups in total. The molecule has 2 rings (SSSR count). The van der Waals surface area contributed by atoms with E-state index in [1.807, 2.05) is 6.07 Å². The topological polar surface area (TPSA) is 55.4 Å². The zero-order valence-corrected chi connectivity index (χ0v) is 13.2. The quantitative estimate of drug-likeness (QED) is 0.636. The number of benzene rings is 2. The molecule has 108 valence electrons. The summed E-state index contributed by atoms with van der Waals surface area (Å²) >= 11 is 2.08. The van der Waals surface area contributed by atoms with Crippen molar-refractivity contribution < 1.29 is 18.7 Å². The summed E-state index contributed by atoms with van der Waals surface area (Å²) in [5.74, 6) is -1.67. The van der Waals surface area contributed by atoms with Crippen LogP contribution < -0.4 is 5.32 Å². The van der Waals surface area contributed by atoms with Crippen molar-refractivity contribution in [2.45, 2.75) is 0 Å². The molecule has 0 heterocycles. The van der Waals surface area contributed by atoms with Crippen LogP contribution in [0.5, 0.6) is 0 Å². The maximum atomic E-state index is 13.7. The van der Waals surface area contributed by atoms with Gasteiger partial charge in [-0.05, 0) is 59.0 Å². The number of hydrogen-bond acceptors (Lipinski definition) is 3. The lowest BCUT2D eigenvalue weighted by Crippen LogP contribution is -2.14. The number of carbonyl (C=O) groups excluding carboxylic acids is 2. The largest absolute Gasteiger partial charge is 0.465 e. The molecular formula is C15H11FINO3. The molecule has 2 aromatic rings. The summed E-state index contributed by atoms with van der Waals surface area (Å²) in [6.45, 7) is 0. The van der Waals surface area contributed by atoms with Crippen molar-refractivity contribution in [3.63, 3.8) is 0 Å². The van der Waals surface area contributed by atoms with Gasteiger partial charge < -0.3 is 10.1 Å². The highest BCUT2D eigenvalue weighted by Crippen LogP contribution is 2.18. The van der Waals surface area contributed by atoms with Crippen LogP contribution in [0, 0.1) is 9.39 Å². The highest BCUT2D eigenvalue weighted by molar-refractivity contribution is 14.1. The Balaban J connectivity index is 2.26. The lowest BCUT2D eigenvalue weighted by atomic mass is 10.1. The van der Waals surface area contributed by atoms with E-state index in [-0.39, 0.29) is 11.3 Å². The van der Waals surface area contributed by atoms with Gasteiger partial charge >= 0.3 is 5.97 Å². The van der Waals surface area contributed by atoms with E-state index in [1.54, 1.807) is 18.2 Å². The smallest absolute Gasteiger partial charge is 0.337 e. The highest BCUT2D eigenvalue weighted by Gasteiger charge is 2.13. The Labute approximate surface area is 134 Å². The lowest BCUT2D eigenvalue weighted by Gasteiger charge is -2.08. The van der Waals surface area contributed by atoms with Gasteiger partial charge in [-0.15, -0.1) is 0 Å². The number of rotatable bonds is 3. The minimum Gasteiger partial charge on any atom is -0.465 e. The number of ether oxygens (including phenoxy) is 1. The highest BCUT2D eigenvalue weighted by atomic mass is 127. The predicted molar refractivity (Wildman–Crippen MR) is 84.9 cm³/mol. The monoisotopic (exact) mass is 399 g/mol. The van der Waals surface area contributed by atoms with E-state index in [1.165, 1.54) is 19.2 Å². The van der Waals surface area contributed by atoms with E-state index in [4.69, 9.17) is 0 Å². The van der Waals surface area contributed by atoms with Gasteiger partial charge in [0.15, 0.2) is 0 Å². The maximum absolute atomic E-state index is 13.7. The van der Waals surface area contributed by atoms with Crippen molar-refractivity contribution in [1.29, 1.82) is 0 Å². The Bertz CT molecular complexity index is 703. The molecule has 21 heavy (non-hydrogen) atoms.